The molecule has 0 bridgehead atoms. The number of nitrogens with zero attached hydrogens (tertiary/aromatic N) is 4. The Hall–Kier alpha value is -3.76. The summed E-state index contributed by atoms with van der Waals surface area (Å²) in [5.74, 6) is -0.910. The maximum atomic E-state index is 13.3. The lowest BCUT2D eigenvalue weighted by Gasteiger charge is -2.23. The molecule has 0 fully saturated rings. The standard InChI is InChI=1S/C23H19ClN4O5S/c1-2-28(16-8-4-3-5-9-16)34(31,32)17-12-13-20(24)19(14-17)23(30)33-15-27-22(29)18-10-6-7-11-21(18)25-26-27/h3-14H,2,15H2,1H3. The highest BCUT2D eigenvalue weighted by atomic mass is 35.5. The molecule has 0 aliphatic carbocycles. The highest BCUT2D eigenvalue weighted by Crippen LogP contribution is 2.27. The van der Waals surface area contributed by atoms with E-state index in [0.29, 0.717) is 16.6 Å². The fourth-order valence-electron chi connectivity index (χ4n) is 3.34. The Kier molecular flexibility index (Phi) is 6.62. The third-order valence-electron chi connectivity index (χ3n) is 5.02. The minimum absolute atomic E-state index is 0.00338. The van der Waals surface area contributed by atoms with Crippen molar-refractivity contribution in [2.24, 2.45) is 0 Å². The molecule has 4 rings (SSSR count). The number of anilines is 1. The molecule has 174 valence electrons. The lowest BCUT2D eigenvalue weighted by atomic mass is 10.2. The number of rotatable bonds is 7. The Balaban J connectivity index is 1.60. The fourth-order valence-corrected chi connectivity index (χ4v) is 5.03. The van der Waals surface area contributed by atoms with Crippen molar-refractivity contribution in [3.05, 3.63) is 93.7 Å². The smallest absolute Gasteiger partial charge is 0.341 e. The molecule has 0 amide bonds. The van der Waals surface area contributed by atoms with Crippen molar-refractivity contribution in [1.29, 1.82) is 0 Å². The number of hydrogen-bond donors (Lipinski definition) is 0. The van der Waals surface area contributed by atoms with E-state index in [2.05, 4.69) is 10.3 Å². The van der Waals surface area contributed by atoms with Crippen molar-refractivity contribution in [2.45, 2.75) is 18.6 Å². The van der Waals surface area contributed by atoms with Gasteiger partial charge in [-0.25, -0.2) is 13.2 Å². The molecular formula is C23H19ClN4O5S. The zero-order chi connectivity index (χ0) is 24.3. The number of hydrogen-bond acceptors (Lipinski definition) is 7. The van der Waals surface area contributed by atoms with Gasteiger partial charge in [-0.05, 0) is 49.4 Å². The van der Waals surface area contributed by atoms with Crippen LogP contribution in [0, 0.1) is 0 Å². The molecule has 0 N–H and O–H groups in total. The summed E-state index contributed by atoms with van der Waals surface area (Å²) in [6.45, 7) is 1.37. The van der Waals surface area contributed by atoms with Gasteiger partial charge in [0.1, 0.15) is 5.52 Å². The summed E-state index contributed by atoms with van der Waals surface area (Å²) >= 11 is 6.16. The Labute approximate surface area is 200 Å². The zero-order valence-corrected chi connectivity index (χ0v) is 19.5. The summed E-state index contributed by atoms with van der Waals surface area (Å²) in [7, 11) is -3.99. The van der Waals surface area contributed by atoms with E-state index in [9.17, 15) is 18.0 Å². The van der Waals surface area contributed by atoms with Crippen molar-refractivity contribution in [2.75, 3.05) is 10.8 Å². The molecule has 0 saturated carbocycles. The average molecular weight is 499 g/mol. The maximum absolute atomic E-state index is 13.3. The van der Waals surface area contributed by atoms with Crippen LogP contribution in [0.4, 0.5) is 5.69 Å². The van der Waals surface area contributed by atoms with Crippen LogP contribution in [-0.2, 0) is 21.5 Å². The van der Waals surface area contributed by atoms with Crippen molar-refractivity contribution in [1.82, 2.24) is 15.0 Å². The van der Waals surface area contributed by atoms with Crippen LogP contribution in [0.3, 0.4) is 0 Å². The molecule has 9 nitrogen and oxygen atoms in total. The van der Waals surface area contributed by atoms with Crippen LogP contribution in [0.15, 0.2) is 82.5 Å². The van der Waals surface area contributed by atoms with Gasteiger partial charge in [-0.15, -0.1) is 5.10 Å². The number of aromatic nitrogens is 3. The Morgan fingerprint density at radius 2 is 1.76 bits per heavy atom. The molecule has 0 radical (unpaired) electrons. The molecule has 0 saturated heterocycles. The van der Waals surface area contributed by atoms with Crippen molar-refractivity contribution >= 4 is 44.2 Å². The minimum Gasteiger partial charge on any atom is -0.438 e. The predicted octanol–water partition coefficient (Wildman–Crippen LogP) is 3.47. The summed E-state index contributed by atoms with van der Waals surface area (Å²) in [5.41, 5.74) is 0.254. The predicted molar refractivity (Wildman–Crippen MR) is 127 cm³/mol. The molecule has 3 aromatic carbocycles. The van der Waals surface area contributed by atoms with Crippen LogP contribution in [0.2, 0.25) is 5.02 Å². The van der Waals surface area contributed by atoms with Gasteiger partial charge in [0.25, 0.3) is 15.6 Å². The number of para-hydroxylation sites is 1. The number of carbonyl (C=O) groups excluding carboxylic acids is 1. The van der Waals surface area contributed by atoms with Crippen molar-refractivity contribution in [3.8, 4) is 0 Å². The number of carbonyl (C=O) groups is 1. The summed E-state index contributed by atoms with van der Waals surface area (Å²) in [4.78, 5) is 25.1. The Bertz CT molecular complexity index is 1520. The van der Waals surface area contributed by atoms with E-state index in [0.717, 1.165) is 10.7 Å². The van der Waals surface area contributed by atoms with Gasteiger partial charge in [0.2, 0.25) is 0 Å². The van der Waals surface area contributed by atoms with Crippen LogP contribution in [0.25, 0.3) is 10.9 Å². The monoisotopic (exact) mass is 498 g/mol. The molecule has 4 aromatic rings. The van der Waals surface area contributed by atoms with Gasteiger partial charge < -0.3 is 4.74 Å². The topological polar surface area (TPSA) is 111 Å². The molecule has 0 unspecified atom stereocenters. The molecular weight excluding hydrogens is 480 g/mol. The largest absolute Gasteiger partial charge is 0.438 e. The zero-order valence-electron chi connectivity index (χ0n) is 18.0. The van der Waals surface area contributed by atoms with Crippen molar-refractivity contribution in [3.63, 3.8) is 0 Å². The second-order valence-corrected chi connectivity index (χ2v) is 9.39. The van der Waals surface area contributed by atoms with Gasteiger partial charge >= 0.3 is 5.97 Å². The second kappa shape index (κ2) is 9.62. The first-order valence-corrected chi connectivity index (χ1v) is 12.0. The fraction of sp³-hybridized carbons (Fsp3) is 0.130. The Morgan fingerprint density at radius 3 is 2.50 bits per heavy atom. The van der Waals surface area contributed by atoms with Gasteiger partial charge in [0.15, 0.2) is 6.73 Å². The van der Waals surface area contributed by atoms with Gasteiger partial charge in [-0.2, -0.15) is 4.68 Å². The highest BCUT2D eigenvalue weighted by Gasteiger charge is 2.26. The number of ether oxygens (including phenoxy) is 1. The second-order valence-electron chi connectivity index (χ2n) is 7.12. The van der Waals surface area contributed by atoms with Gasteiger partial charge in [0, 0.05) is 6.54 Å². The summed E-state index contributed by atoms with van der Waals surface area (Å²) in [6, 6.07) is 19.0. The first-order chi connectivity index (χ1) is 16.3. The van der Waals surface area contributed by atoms with E-state index < -0.39 is 28.3 Å². The average Bonchev–Trinajstić information content (AvgIpc) is 2.84. The van der Waals surface area contributed by atoms with E-state index in [1.807, 2.05) is 0 Å². The third-order valence-corrected chi connectivity index (χ3v) is 7.25. The van der Waals surface area contributed by atoms with Crippen LogP contribution < -0.4 is 9.86 Å². The molecule has 1 heterocycles. The third kappa shape index (κ3) is 4.50. The lowest BCUT2D eigenvalue weighted by molar-refractivity contribution is 0.0336. The molecule has 11 heteroatoms. The molecule has 34 heavy (non-hydrogen) atoms. The van der Waals surface area contributed by atoms with Crippen LogP contribution in [-0.4, -0.2) is 35.9 Å². The Morgan fingerprint density at radius 1 is 1.06 bits per heavy atom. The summed E-state index contributed by atoms with van der Waals surface area (Å²) in [6.07, 6.45) is 0. The summed E-state index contributed by atoms with van der Waals surface area (Å²) in [5, 5.41) is 8.01. The molecule has 0 atom stereocenters. The van der Waals surface area contributed by atoms with E-state index in [1.54, 1.807) is 61.5 Å². The van der Waals surface area contributed by atoms with Gasteiger partial charge in [0.05, 0.1) is 26.6 Å². The molecule has 0 spiro atoms. The van der Waals surface area contributed by atoms with Crippen LogP contribution in [0.1, 0.15) is 17.3 Å². The van der Waals surface area contributed by atoms with E-state index in [1.165, 1.54) is 16.4 Å². The van der Waals surface area contributed by atoms with Crippen LogP contribution >= 0.6 is 11.6 Å². The minimum atomic E-state index is -3.99. The molecule has 1 aromatic heterocycles. The van der Waals surface area contributed by atoms with Gasteiger partial charge in [-0.3, -0.25) is 9.10 Å². The van der Waals surface area contributed by atoms with Crippen LogP contribution in [0.5, 0.6) is 0 Å². The normalized spacial score (nSPS) is 11.4. The number of fused-ring (bicyclic) bond motifs is 1. The SMILES string of the molecule is CCN(c1ccccc1)S(=O)(=O)c1ccc(Cl)c(C(=O)OCn2nnc3ccccc3c2=O)c1. The lowest BCUT2D eigenvalue weighted by Crippen LogP contribution is -2.31. The van der Waals surface area contributed by atoms with Crippen molar-refractivity contribution < 1.29 is 17.9 Å². The number of halogens is 1. The first-order valence-electron chi connectivity index (χ1n) is 10.2. The molecule has 0 aliphatic rings. The number of esters is 1. The van der Waals surface area contributed by atoms with E-state index >= 15 is 0 Å². The van der Waals surface area contributed by atoms with E-state index in [-0.39, 0.29) is 22.0 Å². The summed E-state index contributed by atoms with van der Waals surface area (Å²) < 4.78 is 33.8. The van der Waals surface area contributed by atoms with E-state index in [4.69, 9.17) is 16.3 Å². The molecule has 0 aliphatic heterocycles. The number of benzene rings is 3. The maximum Gasteiger partial charge on any atom is 0.341 e. The first kappa shape index (κ1) is 23.4. The highest BCUT2D eigenvalue weighted by molar-refractivity contribution is 7.92. The number of sulfonamides is 1. The van der Waals surface area contributed by atoms with Gasteiger partial charge in [-0.1, -0.05) is 47.1 Å². The quantitative estimate of drug-likeness (QED) is 0.358.